The molecule has 0 aliphatic carbocycles. The van der Waals surface area contributed by atoms with E-state index >= 15 is 0 Å². The van der Waals surface area contributed by atoms with Crippen molar-refractivity contribution in [1.82, 2.24) is 15.1 Å². The van der Waals surface area contributed by atoms with E-state index in [1.54, 1.807) is 17.0 Å². The Hall–Kier alpha value is -2.57. The maximum Gasteiger partial charge on any atom is 0.324 e. The number of nitrogens with one attached hydrogen (secondary N) is 2. The second-order valence-electron chi connectivity index (χ2n) is 4.78. The molecule has 7 nitrogen and oxygen atoms in total. The Balaban J connectivity index is 1.54. The van der Waals surface area contributed by atoms with Crippen LogP contribution in [-0.2, 0) is 4.79 Å². The van der Waals surface area contributed by atoms with Crippen LogP contribution in [0.1, 0.15) is 0 Å². The SMILES string of the molecule is O=C(Nc1ccccc1)N1CC(N2C(=O)CNC2=O)C1. The zero-order chi connectivity index (χ0) is 14.1. The van der Waals surface area contributed by atoms with Gasteiger partial charge in [-0.25, -0.2) is 9.59 Å². The summed E-state index contributed by atoms with van der Waals surface area (Å²) >= 11 is 0. The molecular weight excluding hydrogens is 260 g/mol. The maximum atomic E-state index is 11.9. The largest absolute Gasteiger partial charge is 0.329 e. The van der Waals surface area contributed by atoms with Gasteiger partial charge in [0.15, 0.2) is 0 Å². The fraction of sp³-hybridized carbons (Fsp3) is 0.308. The van der Waals surface area contributed by atoms with E-state index < -0.39 is 0 Å². The van der Waals surface area contributed by atoms with Crippen molar-refractivity contribution < 1.29 is 14.4 Å². The fourth-order valence-corrected chi connectivity index (χ4v) is 2.31. The van der Waals surface area contributed by atoms with Crippen molar-refractivity contribution in [3.05, 3.63) is 30.3 Å². The van der Waals surface area contributed by atoms with E-state index in [4.69, 9.17) is 0 Å². The highest BCUT2D eigenvalue weighted by molar-refractivity contribution is 6.02. The van der Waals surface area contributed by atoms with Gasteiger partial charge in [0.1, 0.15) is 0 Å². The smallest absolute Gasteiger partial charge is 0.324 e. The van der Waals surface area contributed by atoms with Gasteiger partial charge in [0.25, 0.3) is 0 Å². The third-order valence-corrected chi connectivity index (χ3v) is 3.42. The number of imide groups is 1. The van der Waals surface area contributed by atoms with E-state index in [2.05, 4.69) is 10.6 Å². The zero-order valence-corrected chi connectivity index (χ0v) is 10.7. The van der Waals surface area contributed by atoms with Gasteiger partial charge in [0, 0.05) is 18.8 Å². The summed E-state index contributed by atoms with van der Waals surface area (Å²) in [7, 11) is 0. The first-order valence-electron chi connectivity index (χ1n) is 6.36. The molecule has 0 aromatic heterocycles. The molecule has 7 heteroatoms. The van der Waals surface area contributed by atoms with Gasteiger partial charge in [-0.05, 0) is 12.1 Å². The molecule has 2 N–H and O–H groups in total. The second-order valence-corrected chi connectivity index (χ2v) is 4.78. The number of para-hydroxylation sites is 1. The molecule has 5 amide bonds. The molecule has 20 heavy (non-hydrogen) atoms. The lowest BCUT2D eigenvalue weighted by atomic mass is 10.1. The lowest BCUT2D eigenvalue weighted by Crippen LogP contribution is -2.63. The van der Waals surface area contributed by atoms with Gasteiger partial charge in [-0.15, -0.1) is 0 Å². The van der Waals surface area contributed by atoms with Gasteiger partial charge >= 0.3 is 12.1 Å². The van der Waals surface area contributed by atoms with Crippen LogP contribution in [0.4, 0.5) is 15.3 Å². The number of carbonyl (C=O) groups is 3. The lowest BCUT2D eigenvalue weighted by molar-refractivity contribution is -0.128. The minimum Gasteiger partial charge on any atom is -0.329 e. The van der Waals surface area contributed by atoms with E-state index in [9.17, 15) is 14.4 Å². The first-order valence-corrected chi connectivity index (χ1v) is 6.36. The summed E-state index contributed by atoms with van der Waals surface area (Å²) in [6.45, 7) is 0.793. The monoisotopic (exact) mass is 274 g/mol. The average molecular weight is 274 g/mol. The minimum absolute atomic E-state index is 0.0472. The minimum atomic E-state index is -0.372. The highest BCUT2D eigenvalue weighted by Crippen LogP contribution is 2.19. The zero-order valence-electron chi connectivity index (χ0n) is 10.7. The molecule has 0 radical (unpaired) electrons. The number of hydrogen-bond acceptors (Lipinski definition) is 3. The van der Waals surface area contributed by atoms with Crippen LogP contribution >= 0.6 is 0 Å². The predicted octanol–water partition coefficient (Wildman–Crippen LogP) is 0.454. The Morgan fingerprint density at radius 2 is 1.90 bits per heavy atom. The molecule has 2 fully saturated rings. The first-order chi connectivity index (χ1) is 9.65. The van der Waals surface area contributed by atoms with Crippen LogP contribution in [0, 0.1) is 0 Å². The average Bonchev–Trinajstić information content (AvgIpc) is 2.70. The predicted molar refractivity (Wildman–Crippen MR) is 71.1 cm³/mol. The molecule has 2 heterocycles. The van der Waals surface area contributed by atoms with Crippen LogP contribution in [0.3, 0.4) is 0 Å². The molecular formula is C13H14N4O3. The fourth-order valence-electron chi connectivity index (χ4n) is 2.31. The van der Waals surface area contributed by atoms with Gasteiger partial charge in [0.05, 0.1) is 12.6 Å². The molecule has 1 aromatic rings. The van der Waals surface area contributed by atoms with Crippen molar-refractivity contribution in [3.63, 3.8) is 0 Å². The number of likely N-dealkylation sites (tertiary alicyclic amines) is 1. The number of rotatable bonds is 2. The first kappa shape index (κ1) is 12.5. The Bertz CT molecular complexity index is 538. The van der Waals surface area contributed by atoms with E-state index in [1.165, 1.54) is 4.90 Å². The van der Waals surface area contributed by atoms with E-state index in [1.807, 2.05) is 18.2 Å². The molecule has 104 valence electrons. The standard InChI is InChI=1S/C13H14N4O3/c18-11-6-14-12(19)17(11)10-7-16(8-10)13(20)15-9-4-2-1-3-5-9/h1-5,10H,6-8H2,(H,14,19)(H,15,20). The van der Waals surface area contributed by atoms with Crippen LogP contribution in [0.25, 0.3) is 0 Å². The van der Waals surface area contributed by atoms with E-state index in [0.717, 1.165) is 5.69 Å². The topological polar surface area (TPSA) is 81.8 Å². The van der Waals surface area contributed by atoms with E-state index in [-0.39, 0.29) is 30.6 Å². The molecule has 3 rings (SSSR count). The van der Waals surface area contributed by atoms with Crippen LogP contribution in [-0.4, -0.2) is 53.4 Å². The van der Waals surface area contributed by atoms with E-state index in [0.29, 0.717) is 13.1 Å². The number of nitrogens with zero attached hydrogens (tertiary/aromatic N) is 2. The van der Waals surface area contributed by atoms with Crippen molar-refractivity contribution in [2.45, 2.75) is 6.04 Å². The van der Waals surface area contributed by atoms with Crippen molar-refractivity contribution in [3.8, 4) is 0 Å². The van der Waals surface area contributed by atoms with Crippen molar-refractivity contribution >= 4 is 23.7 Å². The number of hydrogen-bond donors (Lipinski definition) is 2. The summed E-state index contributed by atoms with van der Waals surface area (Å²) in [5.41, 5.74) is 0.718. The Morgan fingerprint density at radius 1 is 1.20 bits per heavy atom. The van der Waals surface area contributed by atoms with Gasteiger partial charge < -0.3 is 15.5 Å². The van der Waals surface area contributed by atoms with Gasteiger partial charge in [0.2, 0.25) is 5.91 Å². The molecule has 0 saturated carbocycles. The molecule has 2 aliphatic heterocycles. The molecule has 2 saturated heterocycles. The van der Waals surface area contributed by atoms with Crippen LogP contribution < -0.4 is 10.6 Å². The van der Waals surface area contributed by atoms with Crippen molar-refractivity contribution in [1.29, 1.82) is 0 Å². The lowest BCUT2D eigenvalue weighted by Gasteiger charge is -2.42. The summed E-state index contributed by atoms with van der Waals surface area (Å²) in [6.07, 6.45) is 0. The number of anilines is 1. The number of amides is 5. The second kappa shape index (κ2) is 4.84. The normalized spacial score (nSPS) is 18.8. The summed E-state index contributed by atoms with van der Waals surface area (Å²) in [5, 5.41) is 5.23. The van der Waals surface area contributed by atoms with Gasteiger partial charge in [-0.2, -0.15) is 0 Å². The highest BCUT2D eigenvalue weighted by Gasteiger charge is 2.42. The molecule has 0 unspecified atom stereocenters. The van der Waals surface area contributed by atoms with Crippen LogP contribution in [0.2, 0.25) is 0 Å². The molecule has 2 aliphatic rings. The van der Waals surface area contributed by atoms with Crippen LogP contribution in [0.5, 0.6) is 0 Å². The third-order valence-electron chi connectivity index (χ3n) is 3.42. The van der Waals surface area contributed by atoms with Gasteiger partial charge in [-0.1, -0.05) is 18.2 Å². The van der Waals surface area contributed by atoms with Crippen molar-refractivity contribution in [2.24, 2.45) is 0 Å². The van der Waals surface area contributed by atoms with Crippen LogP contribution in [0.15, 0.2) is 30.3 Å². The quantitative estimate of drug-likeness (QED) is 0.768. The van der Waals surface area contributed by atoms with Crippen molar-refractivity contribution in [2.75, 3.05) is 25.0 Å². The number of benzene rings is 1. The summed E-state index contributed by atoms with van der Waals surface area (Å²) in [5.74, 6) is -0.233. The van der Waals surface area contributed by atoms with Gasteiger partial charge in [-0.3, -0.25) is 9.69 Å². The molecule has 0 bridgehead atoms. The summed E-state index contributed by atoms with van der Waals surface area (Å²) < 4.78 is 0. The third kappa shape index (κ3) is 2.18. The molecule has 0 atom stereocenters. The number of urea groups is 2. The summed E-state index contributed by atoms with van der Waals surface area (Å²) in [4.78, 5) is 37.7. The Morgan fingerprint density at radius 3 is 2.50 bits per heavy atom. The number of carbonyl (C=O) groups excluding carboxylic acids is 3. The molecule has 0 spiro atoms. The maximum absolute atomic E-state index is 11.9. The highest BCUT2D eigenvalue weighted by atomic mass is 16.2. The molecule has 1 aromatic carbocycles. The Labute approximate surface area is 115 Å². The summed E-state index contributed by atoms with van der Waals surface area (Å²) in [6, 6.07) is 8.32. The Kier molecular flexibility index (Phi) is 3.02.